The van der Waals surface area contributed by atoms with Crippen LogP contribution in [0.4, 0.5) is 5.69 Å². The molecule has 0 saturated carbocycles. The minimum Gasteiger partial charge on any atom is -0.465 e. The highest BCUT2D eigenvalue weighted by Gasteiger charge is 2.10. The zero-order valence-electron chi connectivity index (χ0n) is 17.1. The van der Waals surface area contributed by atoms with Gasteiger partial charge in [-0.05, 0) is 47.8 Å². The minimum atomic E-state index is -0.402. The molecule has 0 unspecified atom stereocenters. The van der Waals surface area contributed by atoms with Gasteiger partial charge in [-0.3, -0.25) is 4.79 Å². The lowest BCUT2D eigenvalue weighted by Crippen LogP contribution is -2.14. The molecule has 0 fully saturated rings. The zero-order valence-corrected chi connectivity index (χ0v) is 18.8. The van der Waals surface area contributed by atoms with Crippen LogP contribution in [-0.2, 0) is 16.0 Å². The second kappa shape index (κ2) is 10.1. The Labute approximate surface area is 193 Å². The normalized spacial score (nSPS) is 10.2. The quantitative estimate of drug-likeness (QED) is 0.328. The van der Waals surface area contributed by atoms with Gasteiger partial charge in [0.05, 0.1) is 29.7 Å². The van der Waals surface area contributed by atoms with Crippen LogP contribution in [0.1, 0.15) is 27.2 Å². The smallest absolute Gasteiger partial charge is 0.337 e. The Morgan fingerprint density at radius 2 is 1.78 bits per heavy atom. The molecule has 2 aromatic carbocycles. The molecule has 0 aliphatic carbocycles. The summed E-state index contributed by atoms with van der Waals surface area (Å²) in [5.74, 6) is 5.57. The first-order valence-electron chi connectivity index (χ1n) is 9.69. The average molecular weight is 459 g/mol. The number of thiazole rings is 1. The number of thiophene rings is 1. The van der Waals surface area contributed by atoms with Crippen LogP contribution >= 0.6 is 22.7 Å². The molecule has 1 N–H and O–H groups in total. The van der Waals surface area contributed by atoms with Crippen LogP contribution in [-0.4, -0.2) is 24.0 Å². The molecular weight excluding hydrogens is 440 g/mol. The maximum absolute atomic E-state index is 12.5. The molecule has 32 heavy (non-hydrogen) atoms. The Kier molecular flexibility index (Phi) is 6.75. The Morgan fingerprint density at radius 3 is 2.53 bits per heavy atom. The van der Waals surface area contributed by atoms with Crippen molar-refractivity contribution in [2.24, 2.45) is 0 Å². The number of benzene rings is 2. The summed E-state index contributed by atoms with van der Waals surface area (Å²) in [5, 5.41) is 7.76. The third kappa shape index (κ3) is 5.49. The SMILES string of the molecule is COC(=O)c1cccc(C#Cc2cccc(NC(=O)Cc3csc(-c4cccs4)n3)c2)c1. The fourth-order valence-electron chi connectivity index (χ4n) is 2.93. The molecule has 1 amide bonds. The summed E-state index contributed by atoms with van der Waals surface area (Å²) in [4.78, 5) is 29.8. The van der Waals surface area contributed by atoms with Crippen molar-refractivity contribution in [3.63, 3.8) is 0 Å². The lowest BCUT2D eigenvalue weighted by Gasteiger charge is -2.04. The van der Waals surface area contributed by atoms with Crippen molar-refractivity contribution in [1.82, 2.24) is 4.98 Å². The number of carbonyl (C=O) groups excluding carboxylic acids is 2. The van der Waals surface area contributed by atoms with Gasteiger partial charge >= 0.3 is 5.97 Å². The Balaban J connectivity index is 1.41. The van der Waals surface area contributed by atoms with E-state index in [9.17, 15) is 9.59 Å². The molecule has 4 aromatic rings. The number of ether oxygens (including phenoxy) is 1. The van der Waals surface area contributed by atoms with Gasteiger partial charge in [-0.15, -0.1) is 22.7 Å². The van der Waals surface area contributed by atoms with E-state index in [0.717, 1.165) is 21.1 Å². The summed E-state index contributed by atoms with van der Waals surface area (Å²) in [5.41, 5.74) is 3.31. The van der Waals surface area contributed by atoms with Crippen LogP contribution in [0.15, 0.2) is 71.4 Å². The van der Waals surface area contributed by atoms with Crippen molar-refractivity contribution in [1.29, 1.82) is 0 Å². The van der Waals surface area contributed by atoms with Gasteiger partial charge < -0.3 is 10.1 Å². The third-order valence-electron chi connectivity index (χ3n) is 4.41. The maximum Gasteiger partial charge on any atom is 0.337 e. The number of nitrogens with one attached hydrogen (secondary N) is 1. The number of methoxy groups -OCH3 is 1. The predicted molar refractivity (Wildman–Crippen MR) is 128 cm³/mol. The Hall–Kier alpha value is -3.73. The molecule has 0 atom stereocenters. The molecule has 0 bridgehead atoms. The van der Waals surface area contributed by atoms with Crippen molar-refractivity contribution in [2.45, 2.75) is 6.42 Å². The highest BCUT2D eigenvalue weighted by Crippen LogP contribution is 2.28. The van der Waals surface area contributed by atoms with Crippen molar-refractivity contribution < 1.29 is 14.3 Å². The summed E-state index contributed by atoms with van der Waals surface area (Å²) in [6.07, 6.45) is 0.206. The molecule has 0 radical (unpaired) electrons. The number of aromatic nitrogens is 1. The monoisotopic (exact) mass is 458 g/mol. The molecule has 158 valence electrons. The van der Waals surface area contributed by atoms with Crippen molar-refractivity contribution in [2.75, 3.05) is 12.4 Å². The number of carbonyl (C=O) groups is 2. The van der Waals surface area contributed by atoms with Gasteiger partial charge in [-0.2, -0.15) is 0 Å². The van der Waals surface area contributed by atoms with Gasteiger partial charge in [0.15, 0.2) is 0 Å². The number of rotatable bonds is 5. The lowest BCUT2D eigenvalue weighted by molar-refractivity contribution is -0.115. The van der Waals surface area contributed by atoms with Gasteiger partial charge in [0.2, 0.25) is 5.91 Å². The summed E-state index contributed by atoms with van der Waals surface area (Å²) in [7, 11) is 1.34. The van der Waals surface area contributed by atoms with Crippen molar-refractivity contribution in [3.05, 3.63) is 93.8 Å². The second-order valence-electron chi connectivity index (χ2n) is 6.75. The van der Waals surface area contributed by atoms with Crippen molar-refractivity contribution >= 4 is 40.2 Å². The standard InChI is InChI=1S/C25H18N2O3S2/c1-30-25(29)19-7-2-5-17(13-19)10-11-18-6-3-8-20(14-18)26-23(28)15-21-16-32-24(27-21)22-9-4-12-31-22/h2-9,12-14,16H,15H2,1H3,(H,26,28). The number of amides is 1. The Bertz CT molecular complexity index is 1310. The van der Waals surface area contributed by atoms with E-state index in [1.54, 1.807) is 29.5 Å². The summed E-state index contributed by atoms with van der Waals surface area (Å²) >= 11 is 3.17. The first-order valence-corrected chi connectivity index (χ1v) is 11.5. The number of anilines is 1. The van der Waals surface area contributed by atoms with Crippen LogP contribution in [0, 0.1) is 11.8 Å². The minimum absolute atomic E-state index is 0.135. The number of hydrogen-bond acceptors (Lipinski definition) is 6. The topological polar surface area (TPSA) is 68.3 Å². The van der Waals surface area contributed by atoms with Crippen molar-refractivity contribution in [3.8, 4) is 21.7 Å². The summed E-state index contributed by atoms with van der Waals surface area (Å²) in [6.45, 7) is 0. The third-order valence-corrected chi connectivity index (χ3v) is 6.34. The summed E-state index contributed by atoms with van der Waals surface area (Å²) < 4.78 is 4.74. The maximum atomic E-state index is 12.5. The second-order valence-corrected chi connectivity index (χ2v) is 8.56. The van der Waals surface area contributed by atoms with Crippen LogP contribution in [0.3, 0.4) is 0 Å². The number of esters is 1. The molecule has 0 spiro atoms. The van der Waals surface area contributed by atoms with E-state index in [4.69, 9.17) is 4.74 Å². The molecular formula is C25H18N2O3S2. The van der Waals surface area contributed by atoms with E-state index in [1.807, 2.05) is 53.2 Å². The highest BCUT2D eigenvalue weighted by molar-refractivity contribution is 7.20. The highest BCUT2D eigenvalue weighted by atomic mass is 32.1. The largest absolute Gasteiger partial charge is 0.465 e. The van der Waals surface area contributed by atoms with Gasteiger partial charge in [-0.25, -0.2) is 9.78 Å². The van der Waals surface area contributed by atoms with E-state index in [-0.39, 0.29) is 12.3 Å². The molecule has 0 saturated heterocycles. The predicted octanol–water partition coefficient (Wildman–Crippen LogP) is 5.24. The fraction of sp³-hybridized carbons (Fsp3) is 0.0800. The van der Waals surface area contributed by atoms with Gasteiger partial charge in [0.1, 0.15) is 5.01 Å². The van der Waals surface area contributed by atoms with Gasteiger partial charge in [0, 0.05) is 22.2 Å². The van der Waals surface area contributed by atoms with Crippen LogP contribution < -0.4 is 5.32 Å². The van der Waals surface area contributed by atoms with E-state index in [1.165, 1.54) is 18.4 Å². The van der Waals surface area contributed by atoms with Crippen LogP contribution in [0.25, 0.3) is 9.88 Å². The van der Waals surface area contributed by atoms with E-state index in [2.05, 4.69) is 22.1 Å². The first kappa shape index (κ1) is 21.5. The number of hydrogen-bond donors (Lipinski definition) is 1. The average Bonchev–Trinajstić information content (AvgIpc) is 3.50. The Morgan fingerprint density at radius 1 is 1.00 bits per heavy atom. The molecule has 5 nitrogen and oxygen atoms in total. The van der Waals surface area contributed by atoms with Crippen LogP contribution in [0.2, 0.25) is 0 Å². The van der Waals surface area contributed by atoms with Gasteiger partial charge in [0.25, 0.3) is 0 Å². The molecule has 2 aromatic heterocycles. The molecule has 0 aliphatic heterocycles. The van der Waals surface area contributed by atoms with Crippen LogP contribution in [0.5, 0.6) is 0 Å². The zero-order chi connectivity index (χ0) is 22.3. The molecule has 7 heteroatoms. The fourth-order valence-corrected chi connectivity index (χ4v) is 4.57. The van der Waals surface area contributed by atoms with E-state index >= 15 is 0 Å². The molecule has 0 aliphatic rings. The molecule has 4 rings (SSSR count). The van der Waals surface area contributed by atoms with Gasteiger partial charge in [-0.1, -0.05) is 30.0 Å². The lowest BCUT2D eigenvalue weighted by atomic mass is 10.1. The number of nitrogens with zero attached hydrogens (tertiary/aromatic N) is 1. The summed E-state index contributed by atoms with van der Waals surface area (Å²) in [6, 6.07) is 18.3. The van der Waals surface area contributed by atoms with E-state index in [0.29, 0.717) is 16.8 Å². The van der Waals surface area contributed by atoms with E-state index < -0.39 is 5.97 Å². The molecule has 2 heterocycles. The first-order chi connectivity index (χ1) is 15.6.